The lowest BCUT2D eigenvalue weighted by molar-refractivity contribution is 0.283. The summed E-state index contributed by atoms with van der Waals surface area (Å²) in [6, 6.07) is 5.61. The van der Waals surface area contributed by atoms with E-state index in [2.05, 4.69) is 4.90 Å². The topological polar surface area (TPSA) is 49.5 Å². The number of rotatable bonds is 7. The van der Waals surface area contributed by atoms with Crippen LogP contribution in [0.5, 0.6) is 0 Å². The van der Waals surface area contributed by atoms with Gasteiger partial charge in [0, 0.05) is 25.8 Å². The van der Waals surface area contributed by atoms with Crippen molar-refractivity contribution < 1.29 is 5.11 Å². The predicted octanol–water partition coefficient (Wildman–Crippen LogP) is 2.57. The van der Waals surface area contributed by atoms with Crippen molar-refractivity contribution in [3.63, 3.8) is 0 Å². The van der Waals surface area contributed by atoms with Gasteiger partial charge in [0.15, 0.2) is 0 Å². The summed E-state index contributed by atoms with van der Waals surface area (Å²) in [6.07, 6.45) is 2.90. The molecule has 5 heteroatoms. The minimum absolute atomic E-state index is 0.257. The second-order valence-electron chi connectivity index (χ2n) is 4.24. The van der Waals surface area contributed by atoms with Crippen LogP contribution in [-0.2, 0) is 0 Å². The lowest BCUT2D eigenvalue weighted by Crippen LogP contribution is -2.19. The number of halogens is 1. The van der Waals surface area contributed by atoms with Gasteiger partial charge in [0.1, 0.15) is 4.99 Å². The maximum absolute atomic E-state index is 8.72. The quantitative estimate of drug-likeness (QED) is 0.597. The summed E-state index contributed by atoms with van der Waals surface area (Å²) < 4.78 is 0. The van der Waals surface area contributed by atoms with Gasteiger partial charge in [-0.15, -0.1) is 0 Å². The van der Waals surface area contributed by atoms with Crippen LogP contribution in [0.15, 0.2) is 18.2 Å². The fraction of sp³-hybridized carbons (Fsp3) is 0.462. The van der Waals surface area contributed by atoms with Gasteiger partial charge in [-0.3, -0.25) is 0 Å². The first-order valence-corrected chi connectivity index (χ1v) is 6.76. The number of thiocarbonyl (C=S) groups is 1. The maximum atomic E-state index is 8.72. The molecule has 0 fully saturated rings. The van der Waals surface area contributed by atoms with E-state index in [1.165, 1.54) is 0 Å². The molecule has 1 rings (SSSR count). The Bertz CT molecular complexity index is 412. The van der Waals surface area contributed by atoms with Crippen molar-refractivity contribution in [1.82, 2.24) is 0 Å². The summed E-state index contributed by atoms with van der Waals surface area (Å²) in [5, 5.41) is 9.37. The van der Waals surface area contributed by atoms with E-state index in [1.807, 2.05) is 19.2 Å². The van der Waals surface area contributed by atoms with Crippen LogP contribution in [0.1, 0.15) is 24.8 Å². The summed E-state index contributed by atoms with van der Waals surface area (Å²) in [5.74, 6) is 0. The summed E-state index contributed by atoms with van der Waals surface area (Å²) >= 11 is 11.1. The minimum atomic E-state index is 0.257. The van der Waals surface area contributed by atoms with Gasteiger partial charge in [-0.25, -0.2) is 0 Å². The molecule has 0 aliphatic heterocycles. The Morgan fingerprint density at radius 1 is 1.39 bits per heavy atom. The zero-order valence-electron chi connectivity index (χ0n) is 10.5. The molecule has 0 aromatic heterocycles. The number of unbranched alkanes of at least 4 members (excludes halogenated alkanes) is 2. The first kappa shape index (κ1) is 15.2. The van der Waals surface area contributed by atoms with Crippen molar-refractivity contribution in [2.75, 3.05) is 25.1 Å². The fourth-order valence-corrected chi connectivity index (χ4v) is 2.18. The molecule has 0 bridgehead atoms. The third-order valence-electron chi connectivity index (χ3n) is 2.80. The molecule has 0 unspecified atom stereocenters. The van der Waals surface area contributed by atoms with Gasteiger partial charge >= 0.3 is 0 Å². The first-order chi connectivity index (χ1) is 8.56. The van der Waals surface area contributed by atoms with E-state index in [0.29, 0.717) is 10.0 Å². The van der Waals surface area contributed by atoms with Crippen LogP contribution >= 0.6 is 23.8 Å². The van der Waals surface area contributed by atoms with Crippen molar-refractivity contribution in [2.24, 2.45) is 5.73 Å². The number of aliphatic hydroxyl groups excluding tert-OH is 1. The zero-order valence-corrected chi connectivity index (χ0v) is 12.1. The minimum Gasteiger partial charge on any atom is -0.396 e. The largest absolute Gasteiger partial charge is 0.396 e. The smallest absolute Gasteiger partial charge is 0.104 e. The molecule has 0 aliphatic rings. The molecule has 0 saturated carbocycles. The van der Waals surface area contributed by atoms with Crippen molar-refractivity contribution in [3.05, 3.63) is 28.8 Å². The highest BCUT2D eigenvalue weighted by atomic mass is 35.5. The second-order valence-corrected chi connectivity index (χ2v) is 5.08. The number of benzene rings is 1. The van der Waals surface area contributed by atoms with E-state index in [9.17, 15) is 0 Å². The van der Waals surface area contributed by atoms with Crippen molar-refractivity contribution in [1.29, 1.82) is 0 Å². The Labute approximate surface area is 119 Å². The number of aliphatic hydroxyl groups is 1. The zero-order chi connectivity index (χ0) is 13.5. The SMILES string of the molecule is CN(CCCCCO)c1ccc(C(N)=S)cc1Cl. The van der Waals surface area contributed by atoms with Crippen LogP contribution in [0.25, 0.3) is 0 Å². The van der Waals surface area contributed by atoms with Crippen molar-refractivity contribution >= 4 is 34.5 Å². The van der Waals surface area contributed by atoms with Gasteiger partial charge in [0.25, 0.3) is 0 Å². The van der Waals surface area contributed by atoms with E-state index < -0.39 is 0 Å². The highest BCUT2D eigenvalue weighted by Gasteiger charge is 2.07. The third kappa shape index (κ3) is 4.44. The molecule has 0 atom stereocenters. The second kappa shape index (κ2) is 7.56. The molecule has 3 nitrogen and oxygen atoms in total. The molecule has 0 spiro atoms. The Kier molecular flexibility index (Phi) is 6.39. The van der Waals surface area contributed by atoms with Crippen LogP contribution in [0, 0.1) is 0 Å². The van der Waals surface area contributed by atoms with E-state index in [1.54, 1.807) is 6.07 Å². The number of nitrogens with two attached hydrogens (primary N) is 1. The van der Waals surface area contributed by atoms with Gasteiger partial charge in [-0.2, -0.15) is 0 Å². The van der Waals surface area contributed by atoms with E-state index in [0.717, 1.165) is 37.1 Å². The first-order valence-electron chi connectivity index (χ1n) is 5.97. The van der Waals surface area contributed by atoms with E-state index in [-0.39, 0.29) is 6.61 Å². The molecule has 0 radical (unpaired) electrons. The van der Waals surface area contributed by atoms with Crippen molar-refractivity contribution in [3.8, 4) is 0 Å². The molecular weight excluding hydrogens is 268 g/mol. The highest BCUT2D eigenvalue weighted by molar-refractivity contribution is 7.80. The van der Waals surface area contributed by atoms with Gasteiger partial charge < -0.3 is 15.7 Å². The molecule has 0 amide bonds. The molecule has 100 valence electrons. The van der Waals surface area contributed by atoms with Crippen LogP contribution in [0.3, 0.4) is 0 Å². The number of anilines is 1. The normalized spacial score (nSPS) is 10.4. The van der Waals surface area contributed by atoms with Crippen LogP contribution in [0.2, 0.25) is 5.02 Å². The van der Waals surface area contributed by atoms with E-state index in [4.69, 9.17) is 34.7 Å². The van der Waals surface area contributed by atoms with Crippen molar-refractivity contribution in [2.45, 2.75) is 19.3 Å². The Balaban J connectivity index is 2.62. The predicted molar refractivity (Wildman–Crippen MR) is 81.5 cm³/mol. The maximum Gasteiger partial charge on any atom is 0.104 e. The summed E-state index contributed by atoms with van der Waals surface area (Å²) in [6.45, 7) is 1.17. The molecule has 0 heterocycles. The van der Waals surface area contributed by atoms with Gasteiger partial charge in [-0.1, -0.05) is 23.8 Å². The Hall–Kier alpha value is -0.840. The van der Waals surface area contributed by atoms with Gasteiger partial charge in [0.2, 0.25) is 0 Å². The Morgan fingerprint density at radius 2 is 2.11 bits per heavy atom. The van der Waals surface area contributed by atoms with Gasteiger partial charge in [-0.05, 0) is 37.5 Å². The average Bonchev–Trinajstić information content (AvgIpc) is 2.34. The fourth-order valence-electron chi connectivity index (χ4n) is 1.73. The standard InChI is InChI=1S/C13H19ClN2OS/c1-16(7-3-2-4-8-17)12-6-5-10(13(15)18)9-11(12)14/h5-6,9,17H,2-4,7-8H2,1H3,(H2,15,18). The van der Waals surface area contributed by atoms with E-state index >= 15 is 0 Å². The third-order valence-corrected chi connectivity index (χ3v) is 3.33. The highest BCUT2D eigenvalue weighted by Crippen LogP contribution is 2.26. The molecule has 1 aromatic carbocycles. The number of nitrogens with zero attached hydrogens (tertiary/aromatic N) is 1. The monoisotopic (exact) mass is 286 g/mol. The average molecular weight is 287 g/mol. The van der Waals surface area contributed by atoms with Crippen LogP contribution in [0.4, 0.5) is 5.69 Å². The lowest BCUT2D eigenvalue weighted by atomic mass is 10.2. The molecule has 1 aromatic rings. The number of hydrogen-bond donors (Lipinski definition) is 2. The summed E-state index contributed by atoms with van der Waals surface area (Å²) in [4.78, 5) is 2.46. The molecular formula is C13H19ClN2OS. The molecule has 18 heavy (non-hydrogen) atoms. The molecule has 3 N–H and O–H groups in total. The molecule has 0 saturated heterocycles. The van der Waals surface area contributed by atoms with Gasteiger partial charge in [0.05, 0.1) is 10.7 Å². The van der Waals surface area contributed by atoms with Crippen LogP contribution < -0.4 is 10.6 Å². The lowest BCUT2D eigenvalue weighted by Gasteiger charge is -2.21. The summed E-state index contributed by atoms with van der Waals surface area (Å²) in [7, 11) is 2.00. The Morgan fingerprint density at radius 3 is 2.67 bits per heavy atom. The number of hydrogen-bond acceptors (Lipinski definition) is 3. The molecule has 0 aliphatic carbocycles. The van der Waals surface area contributed by atoms with Crippen LogP contribution in [-0.4, -0.2) is 30.3 Å². The summed E-state index contributed by atoms with van der Waals surface area (Å²) in [5.41, 5.74) is 7.32.